The van der Waals surface area contributed by atoms with Crippen LogP contribution in [0.25, 0.3) is 0 Å². The molecule has 2 aromatic rings. The van der Waals surface area contributed by atoms with E-state index in [0.29, 0.717) is 17.0 Å². The molecule has 25 heavy (non-hydrogen) atoms. The summed E-state index contributed by atoms with van der Waals surface area (Å²) in [6.45, 7) is -3.14. The average molecular weight is 350 g/mol. The van der Waals surface area contributed by atoms with E-state index in [0.717, 1.165) is 0 Å². The van der Waals surface area contributed by atoms with Gasteiger partial charge < -0.3 is 20.1 Å². The number of nitrogens with one attached hydrogen (secondary N) is 2. The van der Waals surface area contributed by atoms with E-state index >= 15 is 0 Å². The molecule has 6 nitrogen and oxygen atoms in total. The number of carbonyl (C=O) groups excluding carboxylic acids is 2. The molecule has 0 radical (unpaired) electrons. The molecule has 2 aromatic carbocycles. The maximum absolute atomic E-state index is 12.1. The SMILES string of the molecule is CNC(=O)c1ccc(OCC(=O)Nc2ccc(OC(F)F)cc2)cc1. The number of halogens is 2. The van der Waals surface area contributed by atoms with Gasteiger partial charge in [0.25, 0.3) is 11.8 Å². The molecule has 2 rings (SSSR count). The van der Waals surface area contributed by atoms with Crippen LogP contribution in [-0.4, -0.2) is 32.1 Å². The standard InChI is InChI=1S/C17H16F2N2O4/c1-20-16(23)11-2-6-13(7-3-11)24-10-15(22)21-12-4-8-14(9-5-12)25-17(18)19/h2-9,17H,10H2,1H3,(H,20,23)(H,21,22). The summed E-state index contributed by atoms with van der Waals surface area (Å²) >= 11 is 0. The number of carbonyl (C=O) groups is 2. The zero-order valence-corrected chi connectivity index (χ0v) is 13.3. The van der Waals surface area contributed by atoms with Crippen molar-refractivity contribution in [1.82, 2.24) is 5.32 Å². The first-order valence-electron chi connectivity index (χ1n) is 7.27. The van der Waals surface area contributed by atoms with E-state index in [9.17, 15) is 18.4 Å². The van der Waals surface area contributed by atoms with Crippen LogP contribution >= 0.6 is 0 Å². The van der Waals surface area contributed by atoms with Gasteiger partial charge >= 0.3 is 6.61 Å². The van der Waals surface area contributed by atoms with Crippen LogP contribution in [0.1, 0.15) is 10.4 Å². The summed E-state index contributed by atoms with van der Waals surface area (Å²) in [5, 5.41) is 5.06. The third-order valence-corrected chi connectivity index (χ3v) is 3.08. The molecule has 0 aliphatic heterocycles. The summed E-state index contributed by atoms with van der Waals surface area (Å²) in [4.78, 5) is 23.2. The van der Waals surface area contributed by atoms with Crippen LogP contribution in [-0.2, 0) is 4.79 Å². The van der Waals surface area contributed by atoms with E-state index in [4.69, 9.17) is 4.74 Å². The first kappa shape index (κ1) is 18.2. The van der Waals surface area contributed by atoms with Gasteiger partial charge in [0.2, 0.25) is 0 Å². The van der Waals surface area contributed by atoms with Crippen LogP contribution in [0.5, 0.6) is 11.5 Å². The molecule has 0 aliphatic carbocycles. The highest BCUT2D eigenvalue weighted by Gasteiger charge is 2.07. The molecule has 2 amide bonds. The van der Waals surface area contributed by atoms with Gasteiger partial charge in [-0.25, -0.2) is 0 Å². The van der Waals surface area contributed by atoms with Gasteiger partial charge in [-0.1, -0.05) is 0 Å². The second kappa shape index (κ2) is 8.62. The summed E-state index contributed by atoms with van der Waals surface area (Å²) in [6.07, 6.45) is 0. The lowest BCUT2D eigenvalue weighted by Gasteiger charge is -2.09. The highest BCUT2D eigenvalue weighted by molar-refractivity contribution is 5.94. The quantitative estimate of drug-likeness (QED) is 0.805. The number of benzene rings is 2. The second-order valence-corrected chi connectivity index (χ2v) is 4.84. The first-order valence-corrected chi connectivity index (χ1v) is 7.27. The Hall–Kier alpha value is -3.16. The van der Waals surface area contributed by atoms with Crippen LogP contribution in [0.3, 0.4) is 0 Å². The molecule has 0 bridgehead atoms. The van der Waals surface area contributed by atoms with E-state index in [1.807, 2.05) is 0 Å². The Balaban J connectivity index is 1.83. The minimum atomic E-state index is -2.90. The fraction of sp³-hybridized carbons (Fsp3) is 0.176. The lowest BCUT2D eigenvalue weighted by molar-refractivity contribution is -0.118. The first-order chi connectivity index (χ1) is 12.0. The van der Waals surface area contributed by atoms with Gasteiger partial charge in [-0.15, -0.1) is 0 Å². The normalized spacial score (nSPS) is 10.2. The molecule has 0 spiro atoms. The molecular weight excluding hydrogens is 334 g/mol. The minimum absolute atomic E-state index is 0.000421. The highest BCUT2D eigenvalue weighted by Crippen LogP contribution is 2.18. The largest absolute Gasteiger partial charge is 0.484 e. The Morgan fingerprint density at radius 2 is 1.60 bits per heavy atom. The third-order valence-electron chi connectivity index (χ3n) is 3.08. The molecule has 8 heteroatoms. The Kier molecular flexibility index (Phi) is 6.27. The van der Waals surface area contributed by atoms with E-state index < -0.39 is 12.5 Å². The van der Waals surface area contributed by atoms with Crippen LogP contribution in [0, 0.1) is 0 Å². The van der Waals surface area contributed by atoms with E-state index in [1.54, 1.807) is 24.3 Å². The van der Waals surface area contributed by atoms with Crippen molar-refractivity contribution in [3.8, 4) is 11.5 Å². The number of amides is 2. The van der Waals surface area contributed by atoms with Gasteiger partial charge in [0.15, 0.2) is 6.61 Å². The van der Waals surface area contributed by atoms with Crippen molar-refractivity contribution in [3.63, 3.8) is 0 Å². The Morgan fingerprint density at radius 3 is 2.16 bits per heavy atom. The summed E-state index contributed by atoms with van der Waals surface area (Å²) in [5.74, 6) is -0.203. The molecule has 0 aromatic heterocycles. The molecule has 0 atom stereocenters. The van der Waals surface area contributed by atoms with Crippen molar-refractivity contribution in [2.24, 2.45) is 0 Å². The van der Waals surface area contributed by atoms with E-state index in [2.05, 4.69) is 15.4 Å². The number of ether oxygens (including phenoxy) is 2. The number of hydrogen-bond donors (Lipinski definition) is 2. The molecule has 132 valence electrons. The van der Waals surface area contributed by atoms with E-state index in [1.165, 1.54) is 31.3 Å². The van der Waals surface area contributed by atoms with Gasteiger partial charge in [0.05, 0.1) is 0 Å². The molecule has 0 heterocycles. The molecule has 0 aliphatic rings. The van der Waals surface area contributed by atoms with Crippen molar-refractivity contribution >= 4 is 17.5 Å². The molecule has 0 fully saturated rings. The molecular formula is C17H16F2N2O4. The zero-order valence-electron chi connectivity index (χ0n) is 13.3. The lowest BCUT2D eigenvalue weighted by Crippen LogP contribution is -2.20. The third kappa shape index (κ3) is 5.76. The topological polar surface area (TPSA) is 76.7 Å². The fourth-order valence-electron chi connectivity index (χ4n) is 1.91. The smallest absolute Gasteiger partial charge is 0.387 e. The van der Waals surface area contributed by atoms with Crippen molar-refractivity contribution in [2.75, 3.05) is 19.0 Å². The Morgan fingerprint density at radius 1 is 1.00 bits per heavy atom. The second-order valence-electron chi connectivity index (χ2n) is 4.84. The van der Waals surface area contributed by atoms with Crippen LogP contribution in [0.15, 0.2) is 48.5 Å². The Bertz CT molecular complexity index is 718. The highest BCUT2D eigenvalue weighted by atomic mass is 19.3. The summed E-state index contributed by atoms with van der Waals surface area (Å²) < 4.78 is 33.6. The molecule has 0 saturated heterocycles. The minimum Gasteiger partial charge on any atom is -0.484 e. The Labute approximate surface area is 142 Å². The van der Waals surface area contributed by atoms with Gasteiger partial charge in [-0.3, -0.25) is 9.59 Å². The average Bonchev–Trinajstić information content (AvgIpc) is 2.61. The number of anilines is 1. The van der Waals surface area contributed by atoms with Gasteiger partial charge in [0, 0.05) is 18.3 Å². The van der Waals surface area contributed by atoms with Crippen LogP contribution in [0.2, 0.25) is 0 Å². The number of alkyl halides is 2. The molecule has 0 saturated carbocycles. The van der Waals surface area contributed by atoms with E-state index in [-0.39, 0.29) is 18.3 Å². The predicted octanol–water partition coefficient (Wildman–Crippen LogP) is 2.67. The molecule has 2 N–H and O–H groups in total. The zero-order chi connectivity index (χ0) is 18.2. The summed E-state index contributed by atoms with van der Waals surface area (Å²) in [7, 11) is 1.53. The number of hydrogen-bond acceptors (Lipinski definition) is 4. The molecule has 0 unspecified atom stereocenters. The van der Waals surface area contributed by atoms with Gasteiger partial charge in [-0.2, -0.15) is 8.78 Å². The van der Waals surface area contributed by atoms with Crippen molar-refractivity contribution < 1.29 is 27.8 Å². The summed E-state index contributed by atoms with van der Waals surface area (Å²) in [5.41, 5.74) is 0.899. The van der Waals surface area contributed by atoms with Crippen molar-refractivity contribution in [3.05, 3.63) is 54.1 Å². The monoisotopic (exact) mass is 350 g/mol. The van der Waals surface area contributed by atoms with Crippen LogP contribution < -0.4 is 20.1 Å². The predicted molar refractivity (Wildman–Crippen MR) is 87.0 cm³/mol. The fourth-order valence-corrected chi connectivity index (χ4v) is 1.91. The summed E-state index contributed by atoms with van der Waals surface area (Å²) in [6, 6.07) is 11.8. The van der Waals surface area contributed by atoms with Gasteiger partial charge in [-0.05, 0) is 48.5 Å². The van der Waals surface area contributed by atoms with Crippen molar-refractivity contribution in [1.29, 1.82) is 0 Å². The number of rotatable bonds is 7. The van der Waals surface area contributed by atoms with Crippen LogP contribution in [0.4, 0.5) is 14.5 Å². The van der Waals surface area contributed by atoms with Gasteiger partial charge in [0.1, 0.15) is 11.5 Å². The maximum Gasteiger partial charge on any atom is 0.387 e. The van der Waals surface area contributed by atoms with Crippen molar-refractivity contribution in [2.45, 2.75) is 6.61 Å². The maximum atomic E-state index is 12.1. The lowest BCUT2D eigenvalue weighted by atomic mass is 10.2.